The lowest BCUT2D eigenvalue weighted by molar-refractivity contribution is -0.342. The zero-order valence-corrected chi connectivity index (χ0v) is 22.8. The Bertz CT molecular complexity index is 1370. The molecule has 0 spiro atoms. The zero-order chi connectivity index (χ0) is 33.4. The molecule has 43 heavy (non-hydrogen) atoms. The Kier molecular flexibility index (Phi) is 10.3. The largest absolute Gasteiger partial charge is 0.573 e. The quantitative estimate of drug-likeness (QED) is 0.294. The fourth-order valence-corrected chi connectivity index (χ4v) is 5.75. The molecule has 2 rings (SSSR count). The first kappa shape index (κ1) is 36.7. The zero-order valence-electron chi connectivity index (χ0n) is 21.2. The molecule has 0 unspecified atom stereocenters. The highest BCUT2D eigenvalue weighted by molar-refractivity contribution is 7.90. The first-order valence-corrected chi connectivity index (χ1v) is 14.3. The highest BCUT2D eigenvalue weighted by Gasteiger charge is 2.68. The lowest BCUT2D eigenvalue weighted by atomic mass is 9.90. The number of hydrogen-bond donors (Lipinski definition) is 1. The van der Waals surface area contributed by atoms with Gasteiger partial charge in [-0.05, 0) is 43.9 Å². The molecule has 0 aromatic heterocycles. The van der Waals surface area contributed by atoms with Crippen molar-refractivity contribution in [3.05, 3.63) is 23.8 Å². The van der Waals surface area contributed by atoms with E-state index in [1.807, 2.05) is 0 Å². The van der Waals surface area contributed by atoms with Crippen molar-refractivity contribution in [3.63, 3.8) is 0 Å². The third-order valence-corrected chi connectivity index (χ3v) is 9.32. The molecule has 1 fully saturated rings. The third kappa shape index (κ3) is 8.56. The normalized spacial score (nSPS) is 17.1. The summed E-state index contributed by atoms with van der Waals surface area (Å²) in [6, 6.07) is 0.800. The second kappa shape index (κ2) is 12.1. The summed E-state index contributed by atoms with van der Waals surface area (Å²) in [5.74, 6) is -4.32. The maximum Gasteiger partial charge on any atom is 0.573 e. The van der Waals surface area contributed by atoms with E-state index in [0.717, 1.165) is 0 Å². The van der Waals surface area contributed by atoms with E-state index < -0.39 is 104 Å². The molecule has 1 aliphatic heterocycles. The summed E-state index contributed by atoms with van der Waals surface area (Å²) in [5.41, 5.74) is -11.7. The summed E-state index contributed by atoms with van der Waals surface area (Å²) in [5, 5.41) is 0. The van der Waals surface area contributed by atoms with Crippen molar-refractivity contribution in [2.45, 2.75) is 48.9 Å². The molecule has 0 atom stereocenters. The number of nitrogens with zero attached hydrogens (tertiary/aromatic N) is 1. The van der Waals surface area contributed by atoms with Crippen LogP contribution in [0.1, 0.15) is 30.1 Å². The molecule has 9 nitrogen and oxygen atoms in total. The number of nitrogens with one attached hydrogen (secondary N) is 1. The summed E-state index contributed by atoms with van der Waals surface area (Å²) in [6.07, 6.45) is -18.1. The molecule has 0 saturated carbocycles. The van der Waals surface area contributed by atoms with Gasteiger partial charge >= 0.3 is 40.2 Å². The van der Waals surface area contributed by atoms with Gasteiger partial charge in [0.25, 0.3) is 0 Å². The molecule has 1 heterocycles. The predicted molar refractivity (Wildman–Crippen MR) is 118 cm³/mol. The monoisotopic (exact) mass is 692 g/mol. The van der Waals surface area contributed by atoms with Crippen molar-refractivity contribution >= 4 is 26.0 Å². The number of hydrogen-bond acceptors (Lipinski definition) is 7. The van der Waals surface area contributed by atoms with Gasteiger partial charge in [0.2, 0.25) is 10.0 Å². The number of sulfonamides is 2. The minimum Gasteiger partial charge on any atom is -0.461 e. The molecule has 0 amide bonds. The predicted octanol–water partition coefficient (Wildman–Crippen LogP) is 4.71. The number of rotatable bonds is 9. The van der Waals surface area contributed by atoms with Crippen molar-refractivity contribution in [2.75, 3.05) is 26.2 Å². The van der Waals surface area contributed by atoms with Gasteiger partial charge in [-0.1, -0.05) is 0 Å². The van der Waals surface area contributed by atoms with E-state index in [2.05, 4.69) is 9.47 Å². The number of esters is 1. The molecule has 0 radical (unpaired) electrons. The maximum absolute atomic E-state index is 13.2. The van der Waals surface area contributed by atoms with E-state index in [1.54, 1.807) is 0 Å². The molecule has 1 aromatic carbocycles. The molecule has 248 valence electrons. The first-order valence-electron chi connectivity index (χ1n) is 11.4. The SMILES string of the molecule is CC(COC(=O)c1cc(OC(F)(F)F)ccc1S(=O)(=O)N1CCC(CNS(=O)(=O)C(F)(F)F)CC1)(C(F)(F)F)C(F)(F)F. The van der Waals surface area contributed by atoms with Gasteiger partial charge in [-0.15, -0.1) is 13.2 Å². The third-order valence-electron chi connectivity index (χ3n) is 6.21. The van der Waals surface area contributed by atoms with Gasteiger partial charge in [-0.25, -0.2) is 26.4 Å². The van der Waals surface area contributed by atoms with Gasteiger partial charge in [0.05, 0.1) is 10.5 Å². The van der Waals surface area contributed by atoms with Crippen molar-refractivity contribution in [2.24, 2.45) is 11.3 Å². The Balaban J connectivity index is 2.36. The number of carbonyl (C=O) groups excluding carboxylic acids is 1. The summed E-state index contributed by atoms with van der Waals surface area (Å²) in [4.78, 5) is 11.4. The van der Waals surface area contributed by atoms with E-state index in [-0.39, 0.29) is 25.8 Å². The topological polar surface area (TPSA) is 119 Å². The van der Waals surface area contributed by atoms with E-state index in [9.17, 15) is 74.3 Å². The summed E-state index contributed by atoms with van der Waals surface area (Å²) >= 11 is 0. The van der Waals surface area contributed by atoms with Crippen LogP contribution in [0.4, 0.5) is 52.7 Å². The average molecular weight is 692 g/mol. The lowest BCUT2D eigenvalue weighted by Crippen LogP contribution is -2.51. The van der Waals surface area contributed by atoms with Crippen LogP contribution in [-0.4, -0.2) is 77.6 Å². The summed E-state index contributed by atoms with van der Waals surface area (Å²) in [7, 11) is -10.7. The standard InChI is InChI=1S/C20H20F12N2O7S2/c1-16(17(21,22)23,18(24,25)26)10-40-15(35)13-8-12(41-19(27,28)29)2-3-14(13)42(36,37)34-6-4-11(5-7-34)9-33-43(38,39)20(30,31)32/h2-3,8,11,33H,4-7,9-10H2,1H3. The second-order valence-electron chi connectivity index (χ2n) is 9.25. The van der Waals surface area contributed by atoms with Crippen LogP contribution in [0.2, 0.25) is 0 Å². The first-order chi connectivity index (χ1) is 19.1. The van der Waals surface area contributed by atoms with E-state index in [1.165, 1.54) is 4.72 Å². The van der Waals surface area contributed by atoms with Crippen molar-refractivity contribution in [1.82, 2.24) is 9.03 Å². The Morgan fingerprint density at radius 2 is 1.42 bits per heavy atom. The van der Waals surface area contributed by atoms with E-state index in [0.29, 0.717) is 16.4 Å². The van der Waals surface area contributed by atoms with Crippen LogP contribution in [0.5, 0.6) is 5.75 Å². The smallest absolute Gasteiger partial charge is 0.461 e. The van der Waals surface area contributed by atoms with Crippen LogP contribution in [0.25, 0.3) is 0 Å². The number of ether oxygens (including phenoxy) is 2. The highest BCUT2D eigenvalue weighted by atomic mass is 32.2. The number of carbonyl (C=O) groups is 1. The molecule has 1 aromatic rings. The van der Waals surface area contributed by atoms with Gasteiger partial charge in [0, 0.05) is 19.6 Å². The van der Waals surface area contributed by atoms with Gasteiger partial charge in [-0.3, -0.25) is 0 Å². The van der Waals surface area contributed by atoms with Gasteiger partial charge < -0.3 is 9.47 Å². The Morgan fingerprint density at radius 3 is 1.86 bits per heavy atom. The van der Waals surface area contributed by atoms with Crippen LogP contribution >= 0.6 is 0 Å². The van der Waals surface area contributed by atoms with Crippen LogP contribution in [-0.2, 0) is 24.8 Å². The number of alkyl halides is 12. The molecule has 1 N–H and O–H groups in total. The average Bonchev–Trinajstić information content (AvgIpc) is 2.83. The van der Waals surface area contributed by atoms with Crippen molar-refractivity contribution in [1.29, 1.82) is 0 Å². The lowest BCUT2D eigenvalue weighted by Gasteiger charge is -2.33. The van der Waals surface area contributed by atoms with Crippen LogP contribution in [0.15, 0.2) is 23.1 Å². The Morgan fingerprint density at radius 1 is 0.907 bits per heavy atom. The Hall–Kier alpha value is -2.53. The summed E-state index contributed by atoms with van der Waals surface area (Å²) < 4.78 is 213. The van der Waals surface area contributed by atoms with Crippen LogP contribution < -0.4 is 9.46 Å². The molecule has 0 bridgehead atoms. The molecule has 23 heteroatoms. The van der Waals surface area contributed by atoms with Crippen molar-refractivity contribution in [3.8, 4) is 5.75 Å². The maximum atomic E-state index is 13.2. The molecular formula is C20H20F12N2O7S2. The van der Waals surface area contributed by atoms with Gasteiger partial charge in [-0.2, -0.15) is 43.8 Å². The Labute approximate surface area is 235 Å². The van der Waals surface area contributed by atoms with E-state index in [4.69, 9.17) is 0 Å². The van der Waals surface area contributed by atoms with Crippen LogP contribution in [0.3, 0.4) is 0 Å². The number of piperidine rings is 1. The fraction of sp³-hybridized carbons (Fsp3) is 0.650. The summed E-state index contributed by atoms with van der Waals surface area (Å²) in [6.45, 7) is -4.66. The van der Waals surface area contributed by atoms with E-state index >= 15 is 0 Å². The minimum absolute atomic E-state index is 0.0693. The fourth-order valence-electron chi connectivity index (χ4n) is 3.50. The molecular weight excluding hydrogens is 672 g/mol. The molecule has 1 saturated heterocycles. The number of halogens is 12. The van der Waals surface area contributed by atoms with Gasteiger partial charge in [0.15, 0.2) is 5.41 Å². The second-order valence-corrected chi connectivity index (χ2v) is 12.9. The minimum atomic E-state index is -6.04. The van der Waals surface area contributed by atoms with Crippen molar-refractivity contribution < 1.29 is 83.8 Å². The highest BCUT2D eigenvalue weighted by Crippen LogP contribution is 2.50. The molecule has 1 aliphatic rings. The van der Waals surface area contributed by atoms with Crippen LogP contribution in [0, 0.1) is 11.3 Å². The van der Waals surface area contributed by atoms with Gasteiger partial charge in [0.1, 0.15) is 12.4 Å². The number of benzene rings is 1. The molecule has 0 aliphatic carbocycles.